The van der Waals surface area contributed by atoms with Crippen molar-refractivity contribution in [1.82, 2.24) is 4.90 Å². The van der Waals surface area contributed by atoms with E-state index in [9.17, 15) is 4.79 Å². The molecular formula is C10H19NO. The molecule has 0 amide bonds. The molecule has 1 aliphatic heterocycles. The zero-order valence-corrected chi connectivity index (χ0v) is 8.39. The molecule has 1 fully saturated rings. The highest BCUT2D eigenvalue weighted by Crippen LogP contribution is 2.33. The second-order valence-corrected chi connectivity index (χ2v) is 3.90. The molecule has 2 nitrogen and oxygen atoms in total. The molecule has 1 heterocycles. The fourth-order valence-corrected chi connectivity index (χ4v) is 2.31. The van der Waals surface area contributed by atoms with Gasteiger partial charge in [0.2, 0.25) is 0 Å². The van der Waals surface area contributed by atoms with Gasteiger partial charge in [-0.05, 0) is 19.9 Å². The van der Waals surface area contributed by atoms with Crippen LogP contribution < -0.4 is 0 Å². The van der Waals surface area contributed by atoms with Crippen molar-refractivity contribution in [2.24, 2.45) is 0 Å². The van der Waals surface area contributed by atoms with Crippen LogP contribution in [0.1, 0.15) is 39.5 Å². The predicted molar refractivity (Wildman–Crippen MR) is 50.2 cm³/mol. The first-order valence-electron chi connectivity index (χ1n) is 4.87. The van der Waals surface area contributed by atoms with E-state index in [0.717, 1.165) is 19.3 Å². The van der Waals surface area contributed by atoms with Crippen LogP contribution in [0.3, 0.4) is 0 Å². The molecule has 70 valence electrons. The molecule has 1 aliphatic rings. The van der Waals surface area contributed by atoms with Gasteiger partial charge >= 0.3 is 0 Å². The number of ketones is 1. The van der Waals surface area contributed by atoms with Crippen LogP contribution in [-0.4, -0.2) is 29.8 Å². The number of likely N-dealkylation sites (tertiary alicyclic amines) is 1. The Hall–Kier alpha value is -0.370. The highest BCUT2D eigenvalue weighted by molar-refractivity contribution is 5.84. The third-order valence-electron chi connectivity index (χ3n) is 3.12. The summed E-state index contributed by atoms with van der Waals surface area (Å²) in [5, 5.41) is 0. The number of rotatable bonds is 3. The van der Waals surface area contributed by atoms with Gasteiger partial charge in [0, 0.05) is 12.0 Å². The Kier molecular flexibility index (Phi) is 2.89. The highest BCUT2D eigenvalue weighted by atomic mass is 16.1. The minimum Gasteiger partial charge on any atom is -0.298 e. The summed E-state index contributed by atoms with van der Waals surface area (Å²) in [4.78, 5) is 13.5. The summed E-state index contributed by atoms with van der Waals surface area (Å²) in [6, 6.07) is 0. The van der Waals surface area contributed by atoms with Crippen molar-refractivity contribution >= 4 is 5.78 Å². The monoisotopic (exact) mass is 169 g/mol. The van der Waals surface area contributed by atoms with E-state index in [2.05, 4.69) is 25.8 Å². The summed E-state index contributed by atoms with van der Waals surface area (Å²) in [6.45, 7) is 5.03. The lowest BCUT2D eigenvalue weighted by Crippen LogP contribution is -2.40. The van der Waals surface area contributed by atoms with Crippen LogP contribution >= 0.6 is 0 Å². The van der Waals surface area contributed by atoms with Crippen molar-refractivity contribution in [3.8, 4) is 0 Å². The van der Waals surface area contributed by atoms with Gasteiger partial charge in [0.25, 0.3) is 0 Å². The predicted octanol–water partition coefficient (Wildman–Crippen LogP) is 1.84. The van der Waals surface area contributed by atoms with E-state index in [-0.39, 0.29) is 5.54 Å². The van der Waals surface area contributed by atoms with Crippen molar-refractivity contribution in [2.45, 2.75) is 45.1 Å². The molecule has 1 atom stereocenters. The van der Waals surface area contributed by atoms with Gasteiger partial charge < -0.3 is 0 Å². The third kappa shape index (κ3) is 1.53. The first-order chi connectivity index (χ1) is 5.64. The number of nitrogens with zero attached hydrogens (tertiary/aromatic N) is 1. The van der Waals surface area contributed by atoms with Gasteiger partial charge in [0.1, 0.15) is 5.78 Å². The lowest BCUT2D eigenvalue weighted by Gasteiger charge is -2.34. The quantitative estimate of drug-likeness (QED) is 0.642. The molecule has 2 heteroatoms. The topological polar surface area (TPSA) is 20.3 Å². The van der Waals surface area contributed by atoms with E-state index in [1.807, 2.05) is 0 Å². The summed E-state index contributed by atoms with van der Waals surface area (Å²) in [7, 11) is 2.07. The van der Waals surface area contributed by atoms with Crippen LogP contribution in [0.5, 0.6) is 0 Å². The summed E-state index contributed by atoms with van der Waals surface area (Å²) >= 11 is 0. The number of likely N-dealkylation sites (N-methyl/N-ethyl adjacent to an activating group) is 1. The van der Waals surface area contributed by atoms with Crippen LogP contribution in [0.15, 0.2) is 0 Å². The van der Waals surface area contributed by atoms with Gasteiger partial charge in [-0.15, -0.1) is 0 Å². The first kappa shape index (κ1) is 9.72. The van der Waals surface area contributed by atoms with Crippen molar-refractivity contribution in [2.75, 3.05) is 13.6 Å². The number of carbonyl (C=O) groups excluding carboxylic acids is 1. The lowest BCUT2D eigenvalue weighted by molar-refractivity contribution is -0.117. The normalized spacial score (nSPS) is 31.4. The van der Waals surface area contributed by atoms with E-state index >= 15 is 0 Å². The molecule has 1 saturated heterocycles. The first-order valence-corrected chi connectivity index (χ1v) is 4.87. The maximum atomic E-state index is 11.3. The summed E-state index contributed by atoms with van der Waals surface area (Å²) in [6.07, 6.45) is 4.20. The van der Waals surface area contributed by atoms with Crippen LogP contribution in [-0.2, 0) is 4.79 Å². The Morgan fingerprint density at radius 2 is 2.17 bits per heavy atom. The van der Waals surface area contributed by atoms with Gasteiger partial charge in [-0.2, -0.15) is 0 Å². The molecule has 0 saturated carbocycles. The maximum Gasteiger partial charge on any atom is 0.148 e. The number of hydrogen-bond donors (Lipinski definition) is 0. The summed E-state index contributed by atoms with van der Waals surface area (Å²) in [5.74, 6) is 0.410. The second kappa shape index (κ2) is 3.56. The molecule has 0 bridgehead atoms. The molecule has 0 aromatic heterocycles. The standard InChI is InChI=1S/C10H19NO/c1-4-6-10(5-2)7-9(12)8-11(10)3/h4-8H2,1-3H3. The van der Waals surface area contributed by atoms with Crippen LogP contribution in [0.4, 0.5) is 0 Å². The van der Waals surface area contributed by atoms with Gasteiger partial charge in [0.15, 0.2) is 0 Å². The van der Waals surface area contributed by atoms with E-state index in [4.69, 9.17) is 0 Å². The van der Waals surface area contributed by atoms with Crippen LogP contribution in [0.2, 0.25) is 0 Å². The Morgan fingerprint density at radius 1 is 1.50 bits per heavy atom. The fourth-order valence-electron chi connectivity index (χ4n) is 2.31. The molecule has 0 radical (unpaired) electrons. The Balaban J connectivity index is 2.71. The largest absolute Gasteiger partial charge is 0.298 e. The minimum absolute atomic E-state index is 0.200. The van der Waals surface area contributed by atoms with Crippen LogP contribution in [0.25, 0.3) is 0 Å². The molecule has 12 heavy (non-hydrogen) atoms. The Labute approximate surface area is 74.9 Å². The van der Waals surface area contributed by atoms with Crippen molar-refractivity contribution < 1.29 is 4.79 Å². The second-order valence-electron chi connectivity index (χ2n) is 3.90. The molecule has 0 spiro atoms. The van der Waals surface area contributed by atoms with Crippen LogP contribution in [0, 0.1) is 0 Å². The molecule has 0 aromatic carbocycles. The molecule has 1 unspecified atom stereocenters. The van der Waals surface area contributed by atoms with Gasteiger partial charge in [-0.1, -0.05) is 20.3 Å². The fraction of sp³-hybridized carbons (Fsp3) is 0.900. The number of hydrogen-bond acceptors (Lipinski definition) is 2. The summed E-state index contributed by atoms with van der Waals surface area (Å²) < 4.78 is 0. The van der Waals surface area contributed by atoms with Gasteiger partial charge in [-0.3, -0.25) is 9.69 Å². The molecule has 0 aliphatic carbocycles. The lowest BCUT2D eigenvalue weighted by atomic mass is 9.88. The zero-order chi connectivity index (χ0) is 9.19. The molecule has 0 aromatic rings. The van der Waals surface area contributed by atoms with E-state index in [0.29, 0.717) is 12.3 Å². The van der Waals surface area contributed by atoms with Crippen molar-refractivity contribution in [3.63, 3.8) is 0 Å². The van der Waals surface area contributed by atoms with E-state index in [1.54, 1.807) is 0 Å². The van der Waals surface area contributed by atoms with Crippen molar-refractivity contribution in [3.05, 3.63) is 0 Å². The molecule has 1 rings (SSSR count). The van der Waals surface area contributed by atoms with Gasteiger partial charge in [0.05, 0.1) is 6.54 Å². The Morgan fingerprint density at radius 3 is 2.50 bits per heavy atom. The minimum atomic E-state index is 0.200. The smallest absolute Gasteiger partial charge is 0.148 e. The third-order valence-corrected chi connectivity index (χ3v) is 3.12. The average molecular weight is 169 g/mol. The molecular weight excluding hydrogens is 150 g/mol. The van der Waals surface area contributed by atoms with Gasteiger partial charge in [-0.25, -0.2) is 0 Å². The van der Waals surface area contributed by atoms with Crippen molar-refractivity contribution in [1.29, 1.82) is 0 Å². The number of carbonyl (C=O) groups is 1. The number of Topliss-reactive ketones (excluding diaryl/α,β-unsaturated/α-hetero) is 1. The zero-order valence-electron chi connectivity index (χ0n) is 8.39. The summed E-state index contributed by atoms with van der Waals surface area (Å²) in [5.41, 5.74) is 0.200. The van der Waals surface area contributed by atoms with E-state index in [1.165, 1.54) is 6.42 Å². The van der Waals surface area contributed by atoms with E-state index < -0.39 is 0 Å². The molecule has 0 N–H and O–H groups in total. The highest BCUT2D eigenvalue weighted by Gasteiger charge is 2.40. The Bertz CT molecular complexity index is 179. The SMILES string of the molecule is CCCC1(CC)CC(=O)CN1C. The average Bonchev–Trinajstić information content (AvgIpc) is 2.28. The maximum absolute atomic E-state index is 11.3.